The lowest BCUT2D eigenvalue weighted by Crippen LogP contribution is -2.43. The molecule has 38 heavy (non-hydrogen) atoms. The minimum absolute atomic E-state index is 0.0699. The molecule has 2 atom stereocenters. The molecule has 1 aliphatic heterocycles. The Hall–Kier alpha value is -3.00. The van der Waals surface area contributed by atoms with E-state index in [9.17, 15) is 27.1 Å². The Labute approximate surface area is 219 Å². The van der Waals surface area contributed by atoms with Crippen molar-refractivity contribution >= 4 is 17.8 Å². The number of aliphatic hydroxyl groups is 1. The molecule has 1 aliphatic rings. The van der Waals surface area contributed by atoms with Crippen molar-refractivity contribution in [1.29, 1.82) is 0 Å². The molecule has 3 aromatic rings. The topological polar surface area (TPSA) is 78.6 Å². The number of hydrogen-bond acceptors (Lipinski definition) is 7. The average molecular weight is 558 g/mol. The Balaban J connectivity index is 1.36. The third-order valence-corrected chi connectivity index (χ3v) is 7.24. The SMILES string of the molecule is C[C@@H](S[C@H]1CO[C@H](/C=C/c2ccc(OC(F)(F)F)cc2)OC1)[C@](O)(Cn1cncn1)c1ccc(F)cc1F. The number of alkyl halides is 3. The molecule has 1 fully saturated rings. The molecule has 1 saturated heterocycles. The van der Waals surface area contributed by atoms with Crippen LogP contribution in [0.15, 0.2) is 61.2 Å². The van der Waals surface area contributed by atoms with Crippen molar-refractivity contribution in [2.75, 3.05) is 13.2 Å². The van der Waals surface area contributed by atoms with Crippen molar-refractivity contribution in [3.63, 3.8) is 0 Å². The summed E-state index contributed by atoms with van der Waals surface area (Å²) in [6.07, 6.45) is 0.513. The van der Waals surface area contributed by atoms with E-state index in [0.29, 0.717) is 5.56 Å². The van der Waals surface area contributed by atoms with Gasteiger partial charge >= 0.3 is 6.36 Å². The van der Waals surface area contributed by atoms with Crippen molar-refractivity contribution in [2.24, 2.45) is 0 Å². The van der Waals surface area contributed by atoms with E-state index in [1.54, 1.807) is 19.1 Å². The zero-order valence-electron chi connectivity index (χ0n) is 20.0. The van der Waals surface area contributed by atoms with Crippen molar-refractivity contribution in [3.8, 4) is 5.75 Å². The van der Waals surface area contributed by atoms with Crippen molar-refractivity contribution in [1.82, 2.24) is 14.8 Å². The molecule has 4 rings (SSSR count). The summed E-state index contributed by atoms with van der Waals surface area (Å²) in [7, 11) is 0. The number of halogens is 5. The lowest BCUT2D eigenvalue weighted by atomic mass is 9.90. The summed E-state index contributed by atoms with van der Waals surface area (Å²) >= 11 is 1.33. The second kappa shape index (κ2) is 11.8. The summed E-state index contributed by atoms with van der Waals surface area (Å²) in [6.45, 7) is 2.13. The molecule has 0 aliphatic carbocycles. The standard InChI is InChI=1S/C25H24F5N3O4S/c1-16(24(34,13-33-15-31-14-32-33)21-8-5-18(26)10-22(21)27)38-20-11-35-23(36-12-20)9-4-17-2-6-19(7-3-17)37-25(28,29)30/h2-10,14-16,20,23,34H,11-13H2,1H3/b9-4+/t16-,20-,23-,24-/m1/s1. The number of aromatic nitrogens is 3. The molecule has 0 spiro atoms. The minimum atomic E-state index is -4.76. The number of nitrogens with zero attached hydrogens (tertiary/aromatic N) is 3. The molecular formula is C25H24F5N3O4S. The summed E-state index contributed by atoms with van der Waals surface area (Å²) in [4.78, 5) is 3.86. The van der Waals surface area contributed by atoms with Crippen LogP contribution in [0.4, 0.5) is 22.0 Å². The highest BCUT2D eigenvalue weighted by Gasteiger charge is 2.41. The molecule has 2 aromatic carbocycles. The second-order valence-electron chi connectivity index (χ2n) is 8.55. The first-order valence-electron chi connectivity index (χ1n) is 11.4. The van der Waals surface area contributed by atoms with Crippen LogP contribution in [0.3, 0.4) is 0 Å². The third-order valence-electron chi connectivity index (χ3n) is 5.79. The minimum Gasteiger partial charge on any atom is -0.406 e. The van der Waals surface area contributed by atoms with E-state index in [0.717, 1.165) is 12.1 Å². The molecule has 0 saturated carbocycles. The predicted octanol–water partition coefficient (Wildman–Crippen LogP) is 4.92. The molecule has 1 aromatic heterocycles. The number of benzene rings is 2. The maximum Gasteiger partial charge on any atom is 0.573 e. The maximum atomic E-state index is 14.7. The Morgan fingerprint density at radius 2 is 1.87 bits per heavy atom. The molecule has 13 heteroatoms. The molecule has 204 valence electrons. The van der Waals surface area contributed by atoms with Gasteiger partial charge in [0, 0.05) is 16.9 Å². The summed E-state index contributed by atoms with van der Waals surface area (Å²) in [5, 5.41) is 14.8. The predicted molar refractivity (Wildman–Crippen MR) is 129 cm³/mol. The fourth-order valence-electron chi connectivity index (χ4n) is 3.90. The fourth-order valence-corrected chi connectivity index (χ4v) is 5.21. The highest BCUT2D eigenvalue weighted by molar-refractivity contribution is 8.00. The molecule has 0 amide bonds. The molecular weight excluding hydrogens is 533 g/mol. The van der Waals surface area contributed by atoms with Crippen molar-refractivity contribution < 1.29 is 41.3 Å². The van der Waals surface area contributed by atoms with E-state index in [2.05, 4.69) is 14.8 Å². The van der Waals surface area contributed by atoms with Crippen LogP contribution in [-0.2, 0) is 21.6 Å². The normalized spacial score (nSPS) is 20.8. The summed E-state index contributed by atoms with van der Waals surface area (Å²) in [5.41, 5.74) is -1.20. The fraction of sp³-hybridized carbons (Fsp3) is 0.360. The van der Waals surface area contributed by atoms with Crippen molar-refractivity contribution in [2.45, 2.75) is 42.2 Å². The monoisotopic (exact) mass is 557 g/mol. The molecule has 2 heterocycles. The van der Waals surface area contributed by atoms with Gasteiger partial charge in [-0.3, -0.25) is 0 Å². The first-order valence-corrected chi connectivity index (χ1v) is 12.4. The van der Waals surface area contributed by atoms with Gasteiger partial charge in [0.25, 0.3) is 0 Å². The number of hydrogen-bond donors (Lipinski definition) is 1. The third kappa shape index (κ3) is 7.31. The second-order valence-corrected chi connectivity index (χ2v) is 10.2. The number of thioether (sulfide) groups is 1. The van der Waals surface area contributed by atoms with E-state index in [1.807, 2.05) is 0 Å². The van der Waals surface area contributed by atoms with E-state index >= 15 is 0 Å². The van der Waals surface area contributed by atoms with Crippen LogP contribution in [0, 0.1) is 11.6 Å². The van der Waals surface area contributed by atoms with Crippen LogP contribution < -0.4 is 4.74 Å². The quantitative estimate of drug-likeness (QED) is 0.375. The highest BCUT2D eigenvalue weighted by Crippen LogP contribution is 2.38. The Kier molecular flexibility index (Phi) is 8.71. The van der Waals surface area contributed by atoms with Crippen LogP contribution in [0.2, 0.25) is 0 Å². The average Bonchev–Trinajstić information content (AvgIpc) is 3.36. The van der Waals surface area contributed by atoms with Crippen LogP contribution in [0.25, 0.3) is 6.08 Å². The first kappa shape index (κ1) is 28.0. The van der Waals surface area contributed by atoms with Crippen LogP contribution in [-0.4, -0.2) is 56.2 Å². The largest absolute Gasteiger partial charge is 0.573 e. The Morgan fingerprint density at radius 1 is 1.16 bits per heavy atom. The molecule has 1 N–H and O–H groups in total. The lowest BCUT2D eigenvalue weighted by Gasteiger charge is -2.37. The van der Waals surface area contributed by atoms with Gasteiger partial charge in [0.1, 0.15) is 35.6 Å². The van der Waals surface area contributed by atoms with E-state index in [-0.39, 0.29) is 36.3 Å². The smallest absolute Gasteiger partial charge is 0.406 e. The summed E-state index contributed by atoms with van der Waals surface area (Å²) < 4.78 is 81.8. The Morgan fingerprint density at radius 3 is 2.47 bits per heavy atom. The van der Waals surface area contributed by atoms with E-state index < -0.39 is 35.1 Å². The zero-order valence-corrected chi connectivity index (χ0v) is 20.8. The van der Waals surface area contributed by atoms with Gasteiger partial charge in [-0.15, -0.1) is 24.9 Å². The van der Waals surface area contributed by atoms with Gasteiger partial charge < -0.3 is 19.3 Å². The molecule has 7 nitrogen and oxygen atoms in total. The zero-order chi connectivity index (χ0) is 27.3. The van der Waals surface area contributed by atoms with Gasteiger partial charge in [0.05, 0.1) is 25.0 Å². The van der Waals surface area contributed by atoms with Crippen LogP contribution in [0.1, 0.15) is 18.1 Å². The summed E-state index contributed by atoms with van der Waals surface area (Å²) in [5.74, 6) is -1.95. The lowest BCUT2D eigenvalue weighted by molar-refractivity contribution is -0.274. The van der Waals surface area contributed by atoms with Gasteiger partial charge in [-0.25, -0.2) is 18.4 Å². The van der Waals surface area contributed by atoms with Crippen molar-refractivity contribution in [3.05, 3.63) is 84.0 Å². The number of rotatable bonds is 9. The van der Waals surface area contributed by atoms with Crippen LogP contribution in [0.5, 0.6) is 5.75 Å². The van der Waals surface area contributed by atoms with E-state index in [4.69, 9.17) is 9.47 Å². The van der Waals surface area contributed by atoms with Gasteiger partial charge in [-0.05, 0) is 29.8 Å². The van der Waals surface area contributed by atoms with Gasteiger partial charge in [0.2, 0.25) is 0 Å². The highest BCUT2D eigenvalue weighted by atomic mass is 32.2. The van der Waals surface area contributed by atoms with E-state index in [1.165, 1.54) is 59.4 Å². The number of ether oxygens (including phenoxy) is 3. The Bertz CT molecular complexity index is 1220. The van der Waals surface area contributed by atoms with Gasteiger partial charge in [-0.1, -0.05) is 31.2 Å². The van der Waals surface area contributed by atoms with Gasteiger partial charge in [0.15, 0.2) is 6.29 Å². The molecule has 0 bridgehead atoms. The van der Waals surface area contributed by atoms with Crippen LogP contribution >= 0.6 is 11.8 Å². The first-order chi connectivity index (χ1) is 18.0. The van der Waals surface area contributed by atoms with Gasteiger partial charge in [-0.2, -0.15) is 5.10 Å². The molecule has 0 radical (unpaired) electrons. The maximum absolute atomic E-state index is 14.7. The molecule has 0 unspecified atom stereocenters. The summed E-state index contributed by atoms with van der Waals surface area (Å²) in [6, 6.07) is 8.36.